The lowest BCUT2D eigenvalue weighted by molar-refractivity contribution is 0.0977. The number of carbonyl (C=O) groups excluding carboxylic acids is 1. The van der Waals surface area contributed by atoms with Crippen molar-refractivity contribution in [1.29, 1.82) is 0 Å². The molecule has 1 aromatic heterocycles. The zero-order valence-corrected chi connectivity index (χ0v) is 17.0. The summed E-state index contributed by atoms with van der Waals surface area (Å²) in [6, 6.07) is 4.08. The van der Waals surface area contributed by atoms with Crippen molar-refractivity contribution in [2.75, 3.05) is 12.9 Å². The van der Waals surface area contributed by atoms with E-state index in [4.69, 9.17) is 16.3 Å². The van der Waals surface area contributed by atoms with Crippen LogP contribution < -0.4 is 9.46 Å². The van der Waals surface area contributed by atoms with Crippen LogP contribution in [0.4, 0.5) is 4.39 Å². The molecule has 150 valence electrons. The highest BCUT2D eigenvalue weighted by Gasteiger charge is 2.21. The third kappa shape index (κ3) is 5.20. The van der Waals surface area contributed by atoms with Gasteiger partial charge in [0.15, 0.2) is 0 Å². The highest BCUT2D eigenvalue weighted by Crippen LogP contribution is 2.34. The third-order valence-corrected chi connectivity index (χ3v) is 5.24. The molecule has 1 saturated carbocycles. The average Bonchev–Trinajstić information content (AvgIpc) is 3.40. The van der Waals surface area contributed by atoms with Crippen molar-refractivity contribution in [2.45, 2.75) is 26.2 Å². The maximum atomic E-state index is 14.4. The van der Waals surface area contributed by atoms with Crippen LogP contribution in [0.1, 0.15) is 35.2 Å². The zero-order chi connectivity index (χ0) is 20.5. The molecule has 0 radical (unpaired) electrons. The van der Waals surface area contributed by atoms with Crippen molar-refractivity contribution >= 4 is 27.5 Å². The summed E-state index contributed by atoms with van der Waals surface area (Å²) in [5.74, 6) is -0.803. The van der Waals surface area contributed by atoms with E-state index in [1.54, 1.807) is 17.7 Å². The van der Waals surface area contributed by atoms with Gasteiger partial charge in [0.05, 0.1) is 18.4 Å². The van der Waals surface area contributed by atoms with Crippen molar-refractivity contribution in [3.05, 3.63) is 46.4 Å². The van der Waals surface area contributed by atoms with Gasteiger partial charge in [-0.2, -0.15) is 0 Å². The van der Waals surface area contributed by atoms with Gasteiger partial charge in [-0.05, 0) is 48.6 Å². The number of sulfonamides is 1. The fourth-order valence-electron chi connectivity index (χ4n) is 2.80. The van der Waals surface area contributed by atoms with Crippen molar-refractivity contribution in [3.8, 4) is 17.0 Å². The van der Waals surface area contributed by atoms with E-state index in [0.29, 0.717) is 34.2 Å². The number of pyridine rings is 1. The van der Waals surface area contributed by atoms with Crippen LogP contribution in [-0.2, 0) is 10.0 Å². The van der Waals surface area contributed by atoms with Crippen molar-refractivity contribution < 1.29 is 22.3 Å². The molecule has 1 heterocycles. The fourth-order valence-corrected chi connectivity index (χ4v) is 3.47. The van der Waals surface area contributed by atoms with Gasteiger partial charge in [-0.1, -0.05) is 24.4 Å². The number of aryl methyl sites for hydroxylation is 1. The molecule has 1 fully saturated rings. The summed E-state index contributed by atoms with van der Waals surface area (Å²) in [5, 5.41) is 0.312. The van der Waals surface area contributed by atoms with E-state index < -0.39 is 21.7 Å². The summed E-state index contributed by atoms with van der Waals surface area (Å²) >= 11 is 6.24. The van der Waals surface area contributed by atoms with Crippen LogP contribution in [-0.4, -0.2) is 32.2 Å². The molecule has 6 nitrogen and oxygen atoms in total. The first-order chi connectivity index (χ1) is 13.1. The van der Waals surface area contributed by atoms with E-state index in [1.165, 1.54) is 25.1 Å². The summed E-state index contributed by atoms with van der Waals surface area (Å²) in [6.45, 7) is 2.23. The Morgan fingerprint density at radius 3 is 2.68 bits per heavy atom. The molecule has 0 saturated heterocycles. The van der Waals surface area contributed by atoms with Crippen LogP contribution in [0.15, 0.2) is 24.4 Å². The molecule has 1 aromatic carbocycles. The monoisotopic (exact) mass is 426 g/mol. The number of nitrogens with one attached hydrogen (secondary N) is 1. The smallest absolute Gasteiger partial charge is 0.267 e. The van der Waals surface area contributed by atoms with Crippen LogP contribution in [0.25, 0.3) is 11.1 Å². The quantitative estimate of drug-likeness (QED) is 0.729. The van der Waals surface area contributed by atoms with Crippen molar-refractivity contribution in [2.24, 2.45) is 5.92 Å². The third-order valence-electron chi connectivity index (χ3n) is 4.42. The van der Waals surface area contributed by atoms with Gasteiger partial charge >= 0.3 is 0 Å². The summed E-state index contributed by atoms with van der Waals surface area (Å²) in [7, 11) is -3.79. The lowest BCUT2D eigenvalue weighted by Gasteiger charge is -2.12. The van der Waals surface area contributed by atoms with Gasteiger partial charge in [0.2, 0.25) is 15.9 Å². The van der Waals surface area contributed by atoms with Crippen molar-refractivity contribution in [3.63, 3.8) is 0 Å². The molecule has 3 rings (SSSR count). The molecule has 1 aliphatic carbocycles. The number of hydrogen-bond donors (Lipinski definition) is 1. The molecular formula is C19H20ClFN2O4S. The number of hydrogen-bond acceptors (Lipinski definition) is 5. The van der Waals surface area contributed by atoms with Gasteiger partial charge in [0.25, 0.3) is 5.91 Å². The Balaban J connectivity index is 1.81. The van der Waals surface area contributed by atoms with Gasteiger partial charge in [-0.3, -0.25) is 4.79 Å². The van der Waals surface area contributed by atoms with Gasteiger partial charge in [0, 0.05) is 11.8 Å². The second kappa shape index (κ2) is 8.05. The van der Waals surface area contributed by atoms with E-state index in [9.17, 15) is 17.6 Å². The second-order valence-corrected chi connectivity index (χ2v) is 9.10. The average molecular weight is 427 g/mol. The molecule has 1 aliphatic rings. The van der Waals surface area contributed by atoms with Crippen LogP contribution in [0.5, 0.6) is 5.88 Å². The molecule has 0 aliphatic heterocycles. The number of nitrogens with zero attached hydrogens (tertiary/aromatic N) is 1. The van der Waals surface area contributed by atoms with Crippen LogP contribution in [0.3, 0.4) is 0 Å². The van der Waals surface area contributed by atoms with Crippen molar-refractivity contribution in [1.82, 2.24) is 9.71 Å². The molecular weight excluding hydrogens is 407 g/mol. The number of halogens is 2. The van der Waals surface area contributed by atoms with Gasteiger partial charge in [-0.25, -0.2) is 22.5 Å². The molecule has 0 spiro atoms. The van der Waals surface area contributed by atoms with E-state index in [2.05, 4.69) is 4.98 Å². The first-order valence-corrected chi connectivity index (χ1v) is 11.0. The molecule has 9 heteroatoms. The highest BCUT2D eigenvalue weighted by atomic mass is 35.5. The maximum Gasteiger partial charge on any atom is 0.267 e. The summed E-state index contributed by atoms with van der Waals surface area (Å²) in [6.07, 6.45) is 5.81. The van der Waals surface area contributed by atoms with Crippen LogP contribution in [0.2, 0.25) is 5.02 Å². The van der Waals surface area contributed by atoms with E-state index in [1.807, 2.05) is 0 Å². The predicted octanol–water partition coefficient (Wildman–Crippen LogP) is 3.72. The first-order valence-electron chi connectivity index (χ1n) is 8.75. The van der Waals surface area contributed by atoms with E-state index in [-0.39, 0.29) is 5.56 Å². The Morgan fingerprint density at radius 2 is 2.07 bits per heavy atom. The summed E-state index contributed by atoms with van der Waals surface area (Å²) in [5.41, 5.74) is 1.27. The molecule has 1 amide bonds. The lowest BCUT2D eigenvalue weighted by Crippen LogP contribution is -2.30. The van der Waals surface area contributed by atoms with Gasteiger partial charge in [0.1, 0.15) is 10.8 Å². The molecule has 0 atom stereocenters. The normalized spacial score (nSPS) is 14.0. The largest absolute Gasteiger partial charge is 0.477 e. The highest BCUT2D eigenvalue weighted by molar-refractivity contribution is 7.89. The van der Waals surface area contributed by atoms with E-state index >= 15 is 0 Å². The number of ether oxygens (including phenoxy) is 1. The summed E-state index contributed by atoms with van der Waals surface area (Å²) < 4.78 is 44.2. The number of aromatic nitrogens is 1. The minimum atomic E-state index is -3.79. The van der Waals surface area contributed by atoms with Gasteiger partial charge < -0.3 is 4.74 Å². The molecule has 0 bridgehead atoms. The number of carbonyl (C=O) groups is 1. The Labute approximate surface area is 168 Å². The number of benzene rings is 1. The minimum Gasteiger partial charge on any atom is -0.477 e. The number of rotatable bonds is 7. The Kier molecular flexibility index (Phi) is 5.90. The zero-order valence-electron chi connectivity index (χ0n) is 15.5. The lowest BCUT2D eigenvalue weighted by atomic mass is 9.99. The van der Waals surface area contributed by atoms with E-state index in [0.717, 1.165) is 24.7 Å². The summed E-state index contributed by atoms with van der Waals surface area (Å²) in [4.78, 5) is 16.2. The number of amides is 1. The Bertz CT molecular complexity index is 1020. The second-order valence-electron chi connectivity index (χ2n) is 6.94. The SMILES string of the molecule is Cc1cc(C(=O)NS(C)(=O)=O)c(F)cc1-c1cnc(OCCC2CC2)c(Cl)c1. The molecule has 1 N–H and O–H groups in total. The minimum absolute atomic E-state index is 0.312. The molecule has 2 aromatic rings. The first kappa shape index (κ1) is 20.5. The Morgan fingerprint density at radius 1 is 1.36 bits per heavy atom. The Hall–Kier alpha value is -2.19. The standard InChI is InChI=1S/C19H20ClFN2O4S/c1-11-7-15(18(24)23-28(2,25)26)17(21)9-14(11)13-8-16(20)19(22-10-13)27-6-5-12-3-4-12/h7-10,12H,3-6H2,1-2H3,(H,23,24). The van der Waals surface area contributed by atoms with Crippen LogP contribution >= 0.6 is 11.6 Å². The predicted molar refractivity (Wildman–Crippen MR) is 105 cm³/mol. The van der Waals surface area contributed by atoms with Crippen LogP contribution in [0, 0.1) is 18.7 Å². The molecule has 0 unspecified atom stereocenters. The van der Waals surface area contributed by atoms with Gasteiger partial charge in [-0.15, -0.1) is 0 Å². The maximum absolute atomic E-state index is 14.4. The topological polar surface area (TPSA) is 85.4 Å². The fraction of sp³-hybridized carbons (Fsp3) is 0.368. The molecule has 28 heavy (non-hydrogen) atoms.